The van der Waals surface area contributed by atoms with Crippen molar-refractivity contribution in [2.45, 2.75) is 13.3 Å². The van der Waals surface area contributed by atoms with Crippen LogP contribution < -0.4 is 10.5 Å². The standard InChI is InChI=1S/C17H19NO4/c1-5-7-13-12-9-8-11(18(3)4)10-14(12)22-17(20)15(13)16(19)21-6-2/h5,8-10H,1,6-7H2,2-4H3. The van der Waals surface area contributed by atoms with Gasteiger partial charge in [-0.05, 0) is 31.0 Å². The number of carbonyl (C=O) groups is 1. The summed E-state index contributed by atoms with van der Waals surface area (Å²) in [6, 6.07) is 5.53. The van der Waals surface area contributed by atoms with Gasteiger partial charge in [0.15, 0.2) is 0 Å². The van der Waals surface area contributed by atoms with Gasteiger partial charge in [-0.3, -0.25) is 0 Å². The SMILES string of the molecule is C=CCc1c(C(=O)OCC)c(=O)oc2cc(N(C)C)ccc12. The molecule has 0 bridgehead atoms. The van der Waals surface area contributed by atoms with Gasteiger partial charge >= 0.3 is 11.6 Å². The topological polar surface area (TPSA) is 59.8 Å². The highest BCUT2D eigenvalue weighted by Crippen LogP contribution is 2.25. The van der Waals surface area contributed by atoms with Crippen LogP contribution >= 0.6 is 0 Å². The first-order chi connectivity index (χ1) is 10.5. The number of carbonyl (C=O) groups excluding carboxylic acids is 1. The minimum atomic E-state index is -0.682. The summed E-state index contributed by atoms with van der Waals surface area (Å²) in [7, 11) is 3.80. The molecule has 0 aliphatic rings. The molecule has 2 rings (SSSR count). The zero-order chi connectivity index (χ0) is 16.3. The van der Waals surface area contributed by atoms with Crippen molar-refractivity contribution in [3.05, 3.63) is 52.4 Å². The van der Waals surface area contributed by atoms with Gasteiger partial charge in [0.25, 0.3) is 0 Å². The Morgan fingerprint density at radius 3 is 2.73 bits per heavy atom. The molecule has 0 N–H and O–H groups in total. The molecule has 0 spiro atoms. The van der Waals surface area contributed by atoms with Gasteiger partial charge in [-0.2, -0.15) is 0 Å². The van der Waals surface area contributed by atoms with E-state index in [-0.39, 0.29) is 12.2 Å². The van der Waals surface area contributed by atoms with E-state index in [9.17, 15) is 9.59 Å². The van der Waals surface area contributed by atoms with Gasteiger partial charge < -0.3 is 14.1 Å². The summed E-state index contributed by atoms with van der Waals surface area (Å²) in [5, 5.41) is 0.716. The molecule has 0 fully saturated rings. The summed E-state index contributed by atoms with van der Waals surface area (Å²) >= 11 is 0. The van der Waals surface area contributed by atoms with E-state index in [2.05, 4.69) is 6.58 Å². The Morgan fingerprint density at radius 2 is 2.14 bits per heavy atom. The van der Waals surface area contributed by atoms with Crippen molar-refractivity contribution in [1.29, 1.82) is 0 Å². The van der Waals surface area contributed by atoms with Gasteiger partial charge in [0.2, 0.25) is 0 Å². The molecule has 1 heterocycles. The second-order valence-electron chi connectivity index (χ2n) is 5.03. The van der Waals surface area contributed by atoms with Crippen LogP contribution in [0, 0.1) is 0 Å². The summed E-state index contributed by atoms with van der Waals surface area (Å²) in [5.41, 5.74) is 1.21. The molecule has 0 unspecified atom stereocenters. The highest BCUT2D eigenvalue weighted by molar-refractivity contribution is 5.97. The van der Waals surface area contributed by atoms with Crippen molar-refractivity contribution in [3.63, 3.8) is 0 Å². The Balaban J connectivity index is 2.76. The normalized spacial score (nSPS) is 10.5. The predicted octanol–water partition coefficient (Wildman–Crippen LogP) is 2.76. The quantitative estimate of drug-likeness (QED) is 0.483. The molecule has 1 aromatic carbocycles. The fraction of sp³-hybridized carbons (Fsp3) is 0.294. The molecular formula is C17H19NO4. The number of benzene rings is 1. The van der Waals surface area contributed by atoms with Gasteiger partial charge in [-0.15, -0.1) is 6.58 Å². The number of fused-ring (bicyclic) bond motifs is 1. The first-order valence-corrected chi connectivity index (χ1v) is 7.04. The molecular weight excluding hydrogens is 282 g/mol. The fourth-order valence-electron chi connectivity index (χ4n) is 2.30. The van der Waals surface area contributed by atoms with Gasteiger partial charge in [-0.1, -0.05) is 6.08 Å². The Labute approximate surface area is 128 Å². The molecule has 116 valence electrons. The molecule has 0 amide bonds. The smallest absolute Gasteiger partial charge is 0.351 e. The average Bonchev–Trinajstić information content (AvgIpc) is 2.46. The maximum Gasteiger partial charge on any atom is 0.351 e. The Morgan fingerprint density at radius 1 is 1.41 bits per heavy atom. The third kappa shape index (κ3) is 2.88. The highest BCUT2D eigenvalue weighted by atomic mass is 16.5. The van der Waals surface area contributed by atoms with Crippen LogP contribution in [0.1, 0.15) is 22.8 Å². The maximum atomic E-state index is 12.2. The number of anilines is 1. The molecule has 5 heteroatoms. The van der Waals surface area contributed by atoms with Crippen molar-refractivity contribution >= 4 is 22.6 Å². The van der Waals surface area contributed by atoms with E-state index >= 15 is 0 Å². The number of rotatable bonds is 5. The molecule has 2 aromatic rings. The Bertz CT molecular complexity index is 774. The minimum absolute atomic E-state index is 0.0492. The van der Waals surface area contributed by atoms with Crippen molar-refractivity contribution in [3.8, 4) is 0 Å². The first kappa shape index (κ1) is 15.8. The molecule has 0 aliphatic carbocycles. The van der Waals surface area contributed by atoms with E-state index in [1.165, 1.54) is 0 Å². The fourth-order valence-corrected chi connectivity index (χ4v) is 2.30. The number of esters is 1. The molecule has 22 heavy (non-hydrogen) atoms. The predicted molar refractivity (Wildman–Crippen MR) is 86.7 cm³/mol. The number of nitrogens with zero attached hydrogens (tertiary/aromatic N) is 1. The van der Waals surface area contributed by atoms with Crippen molar-refractivity contribution in [2.24, 2.45) is 0 Å². The molecule has 0 saturated carbocycles. The summed E-state index contributed by atoms with van der Waals surface area (Å²) in [5.74, 6) is -0.660. The van der Waals surface area contributed by atoms with E-state index in [0.29, 0.717) is 23.0 Å². The lowest BCUT2D eigenvalue weighted by atomic mass is 10.0. The third-order valence-corrected chi connectivity index (χ3v) is 3.34. The molecule has 1 aromatic heterocycles. The van der Waals surface area contributed by atoms with Crippen LogP contribution in [0.5, 0.6) is 0 Å². The lowest BCUT2D eigenvalue weighted by Gasteiger charge is -2.14. The average molecular weight is 301 g/mol. The van der Waals surface area contributed by atoms with E-state index in [0.717, 1.165) is 5.69 Å². The minimum Gasteiger partial charge on any atom is -0.462 e. The summed E-state index contributed by atoms with van der Waals surface area (Å²) < 4.78 is 10.3. The van der Waals surface area contributed by atoms with E-state index < -0.39 is 11.6 Å². The van der Waals surface area contributed by atoms with Gasteiger partial charge in [-0.25, -0.2) is 9.59 Å². The van der Waals surface area contributed by atoms with Crippen LogP contribution in [0.25, 0.3) is 11.0 Å². The zero-order valence-electron chi connectivity index (χ0n) is 13.0. The molecule has 0 saturated heterocycles. The number of allylic oxidation sites excluding steroid dienone is 1. The summed E-state index contributed by atoms with van der Waals surface area (Å²) in [4.78, 5) is 26.2. The van der Waals surface area contributed by atoms with Crippen molar-refractivity contribution < 1.29 is 13.9 Å². The van der Waals surface area contributed by atoms with Gasteiger partial charge in [0.1, 0.15) is 11.1 Å². The van der Waals surface area contributed by atoms with Crippen molar-refractivity contribution in [2.75, 3.05) is 25.6 Å². The van der Waals surface area contributed by atoms with E-state index in [1.54, 1.807) is 19.1 Å². The van der Waals surface area contributed by atoms with Crippen LogP contribution in [0.15, 0.2) is 40.1 Å². The lowest BCUT2D eigenvalue weighted by molar-refractivity contribution is 0.0520. The second kappa shape index (κ2) is 6.47. The van der Waals surface area contributed by atoms with Crippen LogP contribution in [-0.2, 0) is 11.2 Å². The van der Waals surface area contributed by atoms with Crippen molar-refractivity contribution in [1.82, 2.24) is 0 Å². The first-order valence-electron chi connectivity index (χ1n) is 7.04. The summed E-state index contributed by atoms with van der Waals surface area (Å²) in [6.45, 7) is 5.58. The van der Waals surface area contributed by atoms with E-state index in [4.69, 9.17) is 9.15 Å². The lowest BCUT2D eigenvalue weighted by Crippen LogP contribution is -2.20. The molecule has 0 radical (unpaired) electrons. The van der Waals surface area contributed by atoms with Crippen LogP contribution in [0.3, 0.4) is 0 Å². The largest absolute Gasteiger partial charge is 0.462 e. The van der Waals surface area contributed by atoms with Gasteiger partial charge in [0.05, 0.1) is 6.61 Å². The van der Waals surface area contributed by atoms with Crippen LogP contribution in [0.4, 0.5) is 5.69 Å². The Kier molecular flexibility index (Phi) is 4.65. The zero-order valence-corrected chi connectivity index (χ0v) is 13.0. The third-order valence-electron chi connectivity index (χ3n) is 3.34. The van der Waals surface area contributed by atoms with Gasteiger partial charge in [0, 0.05) is 31.2 Å². The Hall–Kier alpha value is -2.56. The maximum absolute atomic E-state index is 12.2. The summed E-state index contributed by atoms with van der Waals surface area (Å²) in [6.07, 6.45) is 2.04. The van der Waals surface area contributed by atoms with Crippen LogP contribution in [-0.4, -0.2) is 26.7 Å². The number of hydrogen-bond donors (Lipinski definition) is 0. The van der Waals surface area contributed by atoms with E-state index in [1.807, 2.05) is 31.1 Å². The number of hydrogen-bond acceptors (Lipinski definition) is 5. The number of ether oxygens (including phenoxy) is 1. The van der Waals surface area contributed by atoms with Crippen LogP contribution in [0.2, 0.25) is 0 Å². The molecule has 0 aliphatic heterocycles. The highest BCUT2D eigenvalue weighted by Gasteiger charge is 2.21. The monoisotopic (exact) mass is 301 g/mol. The molecule has 0 atom stereocenters. The molecule has 5 nitrogen and oxygen atoms in total. The second-order valence-corrected chi connectivity index (χ2v) is 5.03.